The van der Waals surface area contributed by atoms with E-state index in [9.17, 15) is 13.2 Å². The first kappa shape index (κ1) is 22.2. The smallest absolute Gasteiger partial charge is 0.262 e. The van der Waals surface area contributed by atoms with Gasteiger partial charge in [-0.3, -0.25) is 4.79 Å². The third-order valence-electron chi connectivity index (χ3n) is 6.13. The van der Waals surface area contributed by atoms with Crippen LogP contribution in [-0.4, -0.2) is 48.3 Å². The van der Waals surface area contributed by atoms with Gasteiger partial charge in [0.2, 0.25) is 15.9 Å². The normalized spacial score (nSPS) is 17.0. The van der Waals surface area contributed by atoms with Gasteiger partial charge in [0.25, 0.3) is 5.91 Å². The van der Waals surface area contributed by atoms with Crippen LogP contribution in [0.2, 0.25) is 0 Å². The Kier molecular flexibility index (Phi) is 6.31. The van der Waals surface area contributed by atoms with E-state index in [-0.39, 0.29) is 17.4 Å². The molecule has 1 aliphatic heterocycles. The van der Waals surface area contributed by atoms with E-state index >= 15 is 0 Å². The summed E-state index contributed by atoms with van der Waals surface area (Å²) in [5.41, 5.74) is 1.66. The number of rotatable bonds is 6. The molecule has 0 bridgehead atoms. The largest absolute Gasteiger partial charge is 0.467 e. The van der Waals surface area contributed by atoms with Crippen LogP contribution in [0.3, 0.4) is 0 Å². The Bertz CT molecular complexity index is 1280. The number of hydrogen-bond donors (Lipinski definition) is 1. The zero-order valence-corrected chi connectivity index (χ0v) is 19.9. The van der Waals surface area contributed by atoms with Crippen LogP contribution in [0.1, 0.15) is 42.5 Å². The first-order valence-electron chi connectivity index (χ1n) is 11.3. The quantitative estimate of drug-likeness (QED) is 0.569. The summed E-state index contributed by atoms with van der Waals surface area (Å²) in [6, 6.07) is 6.37. The number of carbonyl (C=O) groups excluding carboxylic acids is 1. The Morgan fingerprint density at radius 2 is 1.91 bits per heavy atom. The van der Waals surface area contributed by atoms with E-state index < -0.39 is 10.0 Å². The molecular weight excluding hydrogens is 460 g/mol. The van der Waals surface area contributed by atoms with E-state index in [0.29, 0.717) is 24.7 Å². The molecule has 1 fully saturated rings. The number of sulfonamides is 1. The summed E-state index contributed by atoms with van der Waals surface area (Å²) >= 11 is 1.67. The van der Waals surface area contributed by atoms with Crippen molar-refractivity contribution in [3.63, 3.8) is 0 Å². The van der Waals surface area contributed by atoms with Gasteiger partial charge in [-0.25, -0.2) is 18.4 Å². The second kappa shape index (κ2) is 9.36. The third-order valence-corrected chi connectivity index (χ3v) is 9.22. The van der Waals surface area contributed by atoms with Crippen LogP contribution >= 0.6 is 11.3 Å². The number of piperidine rings is 1. The lowest BCUT2D eigenvalue weighted by atomic mass is 9.97. The van der Waals surface area contributed by atoms with Crippen LogP contribution in [0.5, 0.6) is 5.88 Å². The van der Waals surface area contributed by atoms with E-state index in [2.05, 4.69) is 15.3 Å². The van der Waals surface area contributed by atoms with E-state index in [4.69, 9.17) is 4.74 Å². The van der Waals surface area contributed by atoms with Gasteiger partial charge in [-0.05, 0) is 62.3 Å². The van der Waals surface area contributed by atoms with Gasteiger partial charge in [0, 0.05) is 23.7 Å². The summed E-state index contributed by atoms with van der Waals surface area (Å²) < 4.78 is 33.2. The molecule has 5 rings (SSSR count). The summed E-state index contributed by atoms with van der Waals surface area (Å²) in [6.07, 6.45) is 8.59. The highest BCUT2D eigenvalue weighted by Crippen LogP contribution is 2.38. The second-order valence-electron chi connectivity index (χ2n) is 8.40. The fourth-order valence-electron chi connectivity index (χ4n) is 4.49. The van der Waals surface area contributed by atoms with Crippen molar-refractivity contribution in [2.24, 2.45) is 0 Å². The average Bonchev–Trinajstić information content (AvgIpc) is 3.23. The molecule has 33 heavy (non-hydrogen) atoms. The van der Waals surface area contributed by atoms with Gasteiger partial charge < -0.3 is 10.1 Å². The lowest BCUT2D eigenvalue weighted by Crippen LogP contribution is -2.35. The van der Waals surface area contributed by atoms with Gasteiger partial charge in [0.15, 0.2) is 6.61 Å². The topological polar surface area (TPSA) is 101 Å². The molecular formula is C23H26N4O4S2. The fraction of sp³-hybridized carbons (Fsp3) is 0.435. The molecule has 1 aromatic carbocycles. The van der Waals surface area contributed by atoms with Crippen molar-refractivity contribution >= 4 is 43.2 Å². The fourth-order valence-corrected chi connectivity index (χ4v) is 7.27. The van der Waals surface area contributed by atoms with Crippen molar-refractivity contribution in [3.05, 3.63) is 41.0 Å². The Morgan fingerprint density at radius 3 is 2.76 bits per heavy atom. The molecule has 2 aliphatic rings. The third kappa shape index (κ3) is 4.60. The van der Waals surface area contributed by atoms with Crippen LogP contribution in [0.25, 0.3) is 10.2 Å². The molecule has 1 aliphatic carbocycles. The van der Waals surface area contributed by atoms with Gasteiger partial charge in [0.05, 0.1) is 10.3 Å². The number of anilines is 1. The van der Waals surface area contributed by atoms with Crippen LogP contribution in [0.4, 0.5) is 5.69 Å². The number of fused-ring (bicyclic) bond motifs is 3. The van der Waals surface area contributed by atoms with E-state index in [1.807, 2.05) is 0 Å². The molecule has 174 valence electrons. The number of carbonyl (C=O) groups is 1. The standard InChI is InChI=1S/C23H26N4O4S2/c28-20(14-31-22-21-18-9-2-3-10-19(18)32-23(21)25-15-24-22)26-16-7-6-8-17(13-16)33(29,30)27-11-4-1-5-12-27/h6-8,13,15H,1-5,9-12,14H2,(H,26,28). The molecule has 2 aromatic heterocycles. The van der Waals surface area contributed by atoms with Gasteiger partial charge in [-0.2, -0.15) is 4.31 Å². The lowest BCUT2D eigenvalue weighted by Gasteiger charge is -2.26. The molecule has 1 amide bonds. The van der Waals surface area contributed by atoms with E-state index in [0.717, 1.165) is 48.7 Å². The lowest BCUT2D eigenvalue weighted by molar-refractivity contribution is -0.118. The summed E-state index contributed by atoms with van der Waals surface area (Å²) in [7, 11) is -3.57. The highest BCUT2D eigenvalue weighted by Gasteiger charge is 2.26. The van der Waals surface area contributed by atoms with Crippen molar-refractivity contribution in [2.45, 2.75) is 49.8 Å². The number of aromatic nitrogens is 2. The van der Waals surface area contributed by atoms with Crippen molar-refractivity contribution in [1.29, 1.82) is 0 Å². The predicted molar refractivity (Wildman–Crippen MR) is 127 cm³/mol. The molecule has 0 spiro atoms. The Balaban J connectivity index is 1.28. The van der Waals surface area contributed by atoms with Crippen molar-refractivity contribution in [3.8, 4) is 5.88 Å². The molecule has 3 heterocycles. The summed E-state index contributed by atoms with van der Waals surface area (Å²) in [5, 5.41) is 3.66. The maximum absolute atomic E-state index is 12.9. The zero-order chi connectivity index (χ0) is 22.8. The maximum atomic E-state index is 12.9. The average molecular weight is 487 g/mol. The van der Waals surface area contributed by atoms with Gasteiger partial charge in [-0.15, -0.1) is 11.3 Å². The van der Waals surface area contributed by atoms with Crippen molar-refractivity contribution in [2.75, 3.05) is 25.0 Å². The van der Waals surface area contributed by atoms with Crippen LogP contribution in [0.15, 0.2) is 35.5 Å². The molecule has 1 saturated heterocycles. The highest BCUT2D eigenvalue weighted by atomic mass is 32.2. The number of aryl methyl sites for hydroxylation is 2. The van der Waals surface area contributed by atoms with E-state index in [1.54, 1.807) is 29.5 Å². The van der Waals surface area contributed by atoms with Crippen molar-refractivity contribution in [1.82, 2.24) is 14.3 Å². The number of nitrogens with one attached hydrogen (secondary N) is 1. The minimum atomic E-state index is -3.57. The maximum Gasteiger partial charge on any atom is 0.262 e. The second-order valence-corrected chi connectivity index (χ2v) is 11.4. The van der Waals surface area contributed by atoms with Crippen LogP contribution in [0, 0.1) is 0 Å². The van der Waals surface area contributed by atoms with E-state index in [1.165, 1.54) is 33.6 Å². The molecule has 3 aromatic rings. The predicted octanol–water partition coefficient (Wildman–Crippen LogP) is 3.76. The summed E-state index contributed by atoms with van der Waals surface area (Å²) in [6.45, 7) is 0.846. The number of nitrogens with zero attached hydrogens (tertiary/aromatic N) is 3. The van der Waals surface area contributed by atoms with Crippen LogP contribution in [-0.2, 0) is 27.7 Å². The van der Waals surface area contributed by atoms with Gasteiger partial charge >= 0.3 is 0 Å². The zero-order valence-electron chi connectivity index (χ0n) is 18.2. The molecule has 0 unspecified atom stereocenters. The summed E-state index contributed by atoms with van der Waals surface area (Å²) in [4.78, 5) is 23.6. The first-order valence-corrected chi connectivity index (χ1v) is 13.6. The van der Waals surface area contributed by atoms with Crippen LogP contribution < -0.4 is 10.1 Å². The highest BCUT2D eigenvalue weighted by molar-refractivity contribution is 7.89. The number of thiophene rings is 1. The monoisotopic (exact) mass is 486 g/mol. The molecule has 0 atom stereocenters. The Hall–Kier alpha value is -2.56. The molecule has 0 radical (unpaired) electrons. The van der Waals surface area contributed by atoms with Crippen molar-refractivity contribution < 1.29 is 17.9 Å². The SMILES string of the molecule is O=C(COc1ncnc2sc3c(c12)CCCC3)Nc1cccc(S(=O)(=O)N2CCCCC2)c1. The Labute approximate surface area is 197 Å². The number of ether oxygens (including phenoxy) is 1. The minimum Gasteiger partial charge on any atom is -0.467 e. The number of amides is 1. The molecule has 1 N–H and O–H groups in total. The Morgan fingerprint density at radius 1 is 1.09 bits per heavy atom. The summed E-state index contributed by atoms with van der Waals surface area (Å²) in [5.74, 6) is 0.0503. The molecule has 0 saturated carbocycles. The number of benzene rings is 1. The minimum absolute atomic E-state index is 0.186. The molecule has 10 heteroatoms. The molecule has 8 nitrogen and oxygen atoms in total. The van der Waals surface area contributed by atoms with Gasteiger partial charge in [-0.1, -0.05) is 12.5 Å². The number of hydrogen-bond acceptors (Lipinski definition) is 7. The van der Waals surface area contributed by atoms with Gasteiger partial charge in [0.1, 0.15) is 11.2 Å². The first-order chi connectivity index (χ1) is 16.0.